The highest BCUT2D eigenvalue weighted by molar-refractivity contribution is 7.87. The van der Waals surface area contributed by atoms with Gasteiger partial charge in [-0.3, -0.25) is 4.55 Å². The van der Waals surface area contributed by atoms with Gasteiger partial charge in [0.2, 0.25) is 0 Å². The third kappa shape index (κ3) is 4.01. The van der Waals surface area contributed by atoms with E-state index in [-0.39, 0.29) is 18.1 Å². The molecule has 0 aromatic rings. The highest BCUT2D eigenvalue weighted by atomic mass is 32.2. The van der Waals surface area contributed by atoms with Crippen molar-refractivity contribution in [3.8, 4) is 0 Å². The molecule has 0 saturated heterocycles. The van der Waals surface area contributed by atoms with Crippen LogP contribution >= 0.6 is 0 Å². The lowest BCUT2D eigenvalue weighted by Crippen LogP contribution is -2.43. The Labute approximate surface area is 117 Å². The first-order chi connectivity index (χ1) is 8.31. The van der Waals surface area contributed by atoms with Crippen molar-refractivity contribution < 1.29 is 22.5 Å². The summed E-state index contributed by atoms with van der Waals surface area (Å²) < 4.78 is 36.3. The standard InChI is InChI=1S/C12H26O5SSi/c1-11(2,3)19(4,5)17-9-10(13)8-12(6-7-12)18(14,15)16/h10,13H,6-9H2,1-5H3,(H,14,15,16)/t10-/m0/s1. The molecule has 1 aliphatic rings. The molecule has 0 amide bonds. The first-order valence-electron chi connectivity index (χ1n) is 6.60. The molecule has 114 valence electrons. The molecule has 0 spiro atoms. The molecule has 1 atom stereocenters. The summed E-state index contributed by atoms with van der Waals surface area (Å²) in [5.41, 5.74) is 0. The number of aliphatic hydroxyl groups is 1. The maximum Gasteiger partial charge on any atom is 0.270 e. The molecule has 0 bridgehead atoms. The molecule has 0 radical (unpaired) electrons. The van der Waals surface area contributed by atoms with E-state index < -0.39 is 29.3 Å². The van der Waals surface area contributed by atoms with E-state index in [1.165, 1.54) is 0 Å². The van der Waals surface area contributed by atoms with Crippen LogP contribution in [-0.4, -0.2) is 43.9 Å². The van der Waals surface area contributed by atoms with Crippen molar-refractivity contribution in [1.29, 1.82) is 0 Å². The van der Waals surface area contributed by atoms with Crippen LogP contribution < -0.4 is 0 Å². The Balaban J connectivity index is 2.52. The third-order valence-electron chi connectivity index (χ3n) is 4.41. The quantitative estimate of drug-likeness (QED) is 0.580. The molecule has 1 aliphatic carbocycles. The van der Waals surface area contributed by atoms with Crippen molar-refractivity contribution >= 4 is 18.4 Å². The number of hydrogen-bond acceptors (Lipinski definition) is 4. The summed E-state index contributed by atoms with van der Waals surface area (Å²) in [7, 11) is -6.01. The maximum absolute atomic E-state index is 11.2. The van der Waals surface area contributed by atoms with Gasteiger partial charge in [-0.2, -0.15) is 8.42 Å². The van der Waals surface area contributed by atoms with Gasteiger partial charge in [0.15, 0.2) is 8.32 Å². The first kappa shape index (κ1) is 17.1. The number of aliphatic hydroxyl groups excluding tert-OH is 1. The fourth-order valence-electron chi connectivity index (χ4n) is 1.72. The van der Waals surface area contributed by atoms with E-state index in [2.05, 4.69) is 33.9 Å². The van der Waals surface area contributed by atoms with E-state index in [1.54, 1.807) is 0 Å². The molecule has 19 heavy (non-hydrogen) atoms. The van der Waals surface area contributed by atoms with Gasteiger partial charge in [-0.25, -0.2) is 0 Å². The van der Waals surface area contributed by atoms with Gasteiger partial charge in [0.1, 0.15) is 4.75 Å². The van der Waals surface area contributed by atoms with E-state index in [0.29, 0.717) is 12.8 Å². The zero-order valence-corrected chi connectivity index (χ0v) is 14.2. The molecule has 7 heteroatoms. The van der Waals surface area contributed by atoms with Gasteiger partial charge in [0.25, 0.3) is 10.1 Å². The Morgan fingerprint density at radius 2 is 1.79 bits per heavy atom. The Hall–Kier alpha value is 0.0469. The van der Waals surface area contributed by atoms with Crippen LogP contribution in [0.2, 0.25) is 18.1 Å². The molecule has 1 fully saturated rings. The van der Waals surface area contributed by atoms with Crippen LogP contribution in [0.1, 0.15) is 40.0 Å². The fraction of sp³-hybridized carbons (Fsp3) is 1.00. The van der Waals surface area contributed by atoms with Gasteiger partial charge in [-0.05, 0) is 37.4 Å². The van der Waals surface area contributed by atoms with Crippen LogP contribution in [0, 0.1) is 0 Å². The van der Waals surface area contributed by atoms with Crippen molar-refractivity contribution in [2.45, 2.75) is 69.0 Å². The van der Waals surface area contributed by atoms with Crippen LogP contribution in [0.5, 0.6) is 0 Å². The topological polar surface area (TPSA) is 83.8 Å². The summed E-state index contributed by atoms with van der Waals surface area (Å²) >= 11 is 0. The summed E-state index contributed by atoms with van der Waals surface area (Å²) in [4.78, 5) is 0. The Morgan fingerprint density at radius 3 is 2.11 bits per heavy atom. The smallest absolute Gasteiger partial charge is 0.270 e. The van der Waals surface area contributed by atoms with E-state index in [1.807, 2.05) is 0 Å². The lowest BCUT2D eigenvalue weighted by atomic mass is 10.2. The van der Waals surface area contributed by atoms with Crippen molar-refractivity contribution in [2.75, 3.05) is 6.61 Å². The van der Waals surface area contributed by atoms with Crippen LogP contribution in [0.4, 0.5) is 0 Å². The van der Waals surface area contributed by atoms with Crippen LogP contribution in [0.15, 0.2) is 0 Å². The van der Waals surface area contributed by atoms with Gasteiger partial charge in [0, 0.05) is 0 Å². The molecule has 0 unspecified atom stereocenters. The predicted octanol–water partition coefficient (Wildman–Crippen LogP) is 2.18. The predicted molar refractivity (Wildman–Crippen MR) is 77.3 cm³/mol. The highest BCUT2D eigenvalue weighted by Gasteiger charge is 2.55. The van der Waals surface area contributed by atoms with Gasteiger partial charge in [-0.15, -0.1) is 0 Å². The molecule has 1 saturated carbocycles. The Kier molecular flexibility index (Phi) is 4.60. The molecule has 1 rings (SSSR count). The summed E-state index contributed by atoms with van der Waals surface area (Å²) in [5.74, 6) is 0. The lowest BCUT2D eigenvalue weighted by molar-refractivity contribution is 0.0897. The second-order valence-electron chi connectivity index (χ2n) is 7.09. The van der Waals surface area contributed by atoms with Crippen molar-refractivity contribution in [3.63, 3.8) is 0 Å². The third-order valence-corrected chi connectivity index (χ3v) is 10.6. The van der Waals surface area contributed by atoms with E-state index in [0.717, 1.165) is 0 Å². The van der Waals surface area contributed by atoms with Gasteiger partial charge >= 0.3 is 0 Å². The summed E-state index contributed by atoms with van der Waals surface area (Å²) in [6, 6.07) is 0. The largest absolute Gasteiger partial charge is 0.414 e. The van der Waals surface area contributed by atoms with Gasteiger partial charge < -0.3 is 9.53 Å². The minimum absolute atomic E-state index is 0.0487. The molecule has 0 aliphatic heterocycles. The second kappa shape index (κ2) is 5.11. The SMILES string of the molecule is CC(C)(C)[Si](C)(C)OC[C@@H](O)CC1(S(=O)(=O)O)CC1. The Bertz CT molecular complexity index is 420. The summed E-state index contributed by atoms with van der Waals surface area (Å²) in [6.45, 7) is 10.6. The lowest BCUT2D eigenvalue weighted by Gasteiger charge is -2.37. The molecular weight excluding hydrogens is 284 g/mol. The van der Waals surface area contributed by atoms with Crippen LogP contribution in [0.3, 0.4) is 0 Å². The van der Waals surface area contributed by atoms with Crippen molar-refractivity contribution in [3.05, 3.63) is 0 Å². The van der Waals surface area contributed by atoms with Gasteiger partial charge in [0.05, 0.1) is 12.7 Å². The minimum atomic E-state index is -4.07. The minimum Gasteiger partial charge on any atom is -0.414 e. The normalized spacial score (nSPS) is 21.2. The van der Waals surface area contributed by atoms with E-state index in [4.69, 9.17) is 8.98 Å². The molecule has 0 aromatic heterocycles. The fourth-order valence-corrected chi connectivity index (χ4v) is 3.78. The van der Waals surface area contributed by atoms with E-state index >= 15 is 0 Å². The zero-order chi connectivity index (χ0) is 15.1. The summed E-state index contributed by atoms with van der Waals surface area (Å²) in [6.07, 6.45) is 0.0467. The summed E-state index contributed by atoms with van der Waals surface area (Å²) in [5, 5.41) is 9.99. The highest BCUT2D eigenvalue weighted by Crippen LogP contribution is 2.47. The number of rotatable bonds is 6. The van der Waals surface area contributed by atoms with Crippen LogP contribution in [-0.2, 0) is 14.5 Å². The van der Waals surface area contributed by atoms with Crippen molar-refractivity contribution in [1.82, 2.24) is 0 Å². The Morgan fingerprint density at radius 1 is 1.32 bits per heavy atom. The number of hydrogen-bond donors (Lipinski definition) is 2. The molecule has 5 nitrogen and oxygen atoms in total. The van der Waals surface area contributed by atoms with Crippen LogP contribution in [0.25, 0.3) is 0 Å². The zero-order valence-electron chi connectivity index (χ0n) is 12.4. The van der Waals surface area contributed by atoms with Crippen molar-refractivity contribution in [2.24, 2.45) is 0 Å². The molecule has 0 heterocycles. The van der Waals surface area contributed by atoms with Gasteiger partial charge in [-0.1, -0.05) is 20.8 Å². The molecule has 2 N–H and O–H groups in total. The second-order valence-corrected chi connectivity index (χ2v) is 13.7. The molecule has 0 aromatic carbocycles. The molecular formula is C12H26O5SSi. The average molecular weight is 310 g/mol. The maximum atomic E-state index is 11.2. The average Bonchev–Trinajstić information content (AvgIpc) is 2.93. The van der Waals surface area contributed by atoms with E-state index in [9.17, 15) is 13.5 Å². The monoisotopic (exact) mass is 310 g/mol. The first-order valence-corrected chi connectivity index (χ1v) is 10.9.